The molecule has 9 heteroatoms. The number of nitrogens with one attached hydrogen (secondary N) is 1. The van der Waals surface area contributed by atoms with E-state index in [2.05, 4.69) is 5.32 Å². The van der Waals surface area contributed by atoms with E-state index in [1.807, 2.05) is 0 Å². The van der Waals surface area contributed by atoms with Gasteiger partial charge in [-0.25, -0.2) is 8.42 Å². The fourth-order valence-corrected chi connectivity index (χ4v) is 5.82. The summed E-state index contributed by atoms with van der Waals surface area (Å²) in [5, 5.41) is 2.84. The lowest BCUT2D eigenvalue weighted by atomic mass is 10.2. The number of amides is 1. The number of carbonyl (C=O) groups excluding carboxylic acids is 1. The molecule has 1 aliphatic carbocycles. The predicted molar refractivity (Wildman–Crippen MR) is 97.0 cm³/mol. The number of halogens is 1. The highest BCUT2D eigenvalue weighted by molar-refractivity contribution is 7.91. The van der Waals surface area contributed by atoms with Crippen molar-refractivity contribution in [2.45, 2.75) is 42.4 Å². The van der Waals surface area contributed by atoms with Crippen LogP contribution in [0, 0.1) is 5.92 Å². The van der Waals surface area contributed by atoms with Crippen molar-refractivity contribution in [3.05, 3.63) is 17.0 Å². The molecular weight excluding hydrogens is 370 g/mol. The molecule has 1 saturated carbocycles. The molecule has 2 aliphatic rings. The Labute approximate surface area is 153 Å². The van der Waals surface area contributed by atoms with Crippen LogP contribution in [0.4, 0.5) is 0 Å². The molecule has 1 atom stereocenters. The van der Waals surface area contributed by atoms with Crippen LogP contribution < -0.4 is 11.1 Å². The Morgan fingerprint density at radius 1 is 1.33 bits per heavy atom. The summed E-state index contributed by atoms with van der Waals surface area (Å²) in [6.45, 7) is 1.68. The predicted octanol–water partition coefficient (Wildman–Crippen LogP) is 1.35. The van der Waals surface area contributed by atoms with E-state index in [9.17, 15) is 13.2 Å². The molecule has 1 unspecified atom stereocenters. The van der Waals surface area contributed by atoms with Gasteiger partial charge in [0.2, 0.25) is 5.91 Å². The summed E-state index contributed by atoms with van der Waals surface area (Å²) < 4.78 is 26.8. The van der Waals surface area contributed by atoms with Crippen LogP contribution in [0.3, 0.4) is 0 Å². The van der Waals surface area contributed by atoms with Crippen LogP contribution in [0.25, 0.3) is 0 Å². The van der Waals surface area contributed by atoms with Crippen LogP contribution in [0.2, 0.25) is 0 Å². The number of sulfonamides is 1. The van der Waals surface area contributed by atoms with E-state index in [-0.39, 0.29) is 30.8 Å². The summed E-state index contributed by atoms with van der Waals surface area (Å²) in [5.41, 5.74) is 5.95. The van der Waals surface area contributed by atoms with Crippen LogP contribution in [0.15, 0.2) is 16.3 Å². The van der Waals surface area contributed by atoms with Crippen molar-refractivity contribution in [2.75, 3.05) is 19.6 Å². The number of nitrogens with two attached hydrogens (primary N) is 1. The lowest BCUT2D eigenvalue weighted by Gasteiger charge is -2.13. The van der Waals surface area contributed by atoms with Crippen molar-refractivity contribution in [1.82, 2.24) is 9.62 Å². The molecule has 3 rings (SSSR count). The smallest absolute Gasteiger partial charge is 0.252 e. The average Bonchev–Trinajstić information content (AvgIpc) is 3.02. The van der Waals surface area contributed by atoms with Crippen molar-refractivity contribution >= 4 is 39.7 Å². The molecular formula is C15H24ClN3O3S2. The molecule has 1 amide bonds. The van der Waals surface area contributed by atoms with Gasteiger partial charge in [0.05, 0.1) is 6.42 Å². The van der Waals surface area contributed by atoms with Gasteiger partial charge < -0.3 is 11.1 Å². The Morgan fingerprint density at radius 2 is 2.00 bits per heavy atom. The maximum Gasteiger partial charge on any atom is 0.252 e. The van der Waals surface area contributed by atoms with Crippen LogP contribution in [0.1, 0.15) is 30.6 Å². The highest BCUT2D eigenvalue weighted by Gasteiger charge is 2.29. The third-order valence-electron chi connectivity index (χ3n) is 4.39. The summed E-state index contributed by atoms with van der Waals surface area (Å²) in [4.78, 5) is 12.7. The molecule has 136 valence electrons. The van der Waals surface area contributed by atoms with E-state index in [1.54, 1.807) is 12.1 Å². The van der Waals surface area contributed by atoms with Crippen LogP contribution in [0.5, 0.6) is 0 Å². The third kappa shape index (κ3) is 4.70. The molecule has 1 aromatic heterocycles. The molecule has 24 heavy (non-hydrogen) atoms. The standard InChI is InChI=1S/C15H23N3O3S2.ClH/c16-13(11-3-4-11)10-17-14(19)9-12-5-6-15(22-12)23(20,21)18-7-1-2-8-18;/h5-6,11,13H,1-4,7-10,16H2,(H,17,19);1H. The van der Waals surface area contributed by atoms with E-state index < -0.39 is 10.0 Å². The first-order valence-electron chi connectivity index (χ1n) is 8.08. The maximum absolute atomic E-state index is 12.4. The lowest BCUT2D eigenvalue weighted by Crippen LogP contribution is -2.39. The summed E-state index contributed by atoms with van der Waals surface area (Å²) in [6, 6.07) is 3.37. The van der Waals surface area contributed by atoms with Gasteiger partial charge in [-0.3, -0.25) is 4.79 Å². The summed E-state index contributed by atoms with van der Waals surface area (Å²) in [6.07, 6.45) is 4.35. The molecule has 0 radical (unpaired) electrons. The fraction of sp³-hybridized carbons (Fsp3) is 0.667. The van der Waals surface area contributed by atoms with E-state index in [0.29, 0.717) is 29.8 Å². The first-order chi connectivity index (χ1) is 11.0. The van der Waals surface area contributed by atoms with Crippen molar-refractivity contribution in [2.24, 2.45) is 11.7 Å². The number of hydrogen-bond acceptors (Lipinski definition) is 5. The second-order valence-electron chi connectivity index (χ2n) is 6.31. The monoisotopic (exact) mass is 393 g/mol. The molecule has 1 saturated heterocycles. The number of hydrogen-bond donors (Lipinski definition) is 2. The largest absolute Gasteiger partial charge is 0.354 e. The Bertz CT molecular complexity index is 667. The van der Waals surface area contributed by atoms with Gasteiger partial charge in [-0.05, 0) is 43.7 Å². The van der Waals surface area contributed by atoms with E-state index in [4.69, 9.17) is 5.73 Å². The number of thiophene rings is 1. The van der Waals surface area contributed by atoms with Gasteiger partial charge in [-0.2, -0.15) is 4.31 Å². The zero-order chi connectivity index (χ0) is 16.4. The van der Waals surface area contributed by atoms with E-state index in [0.717, 1.165) is 30.6 Å². The van der Waals surface area contributed by atoms with Crippen LogP contribution in [-0.2, 0) is 21.2 Å². The number of nitrogens with zero attached hydrogens (tertiary/aromatic N) is 1. The summed E-state index contributed by atoms with van der Waals surface area (Å²) >= 11 is 1.19. The second-order valence-corrected chi connectivity index (χ2v) is 9.65. The van der Waals surface area contributed by atoms with Crippen molar-refractivity contribution in [1.29, 1.82) is 0 Å². The normalized spacial score (nSPS) is 19.7. The Morgan fingerprint density at radius 3 is 2.62 bits per heavy atom. The minimum atomic E-state index is -3.38. The zero-order valence-corrected chi connectivity index (χ0v) is 15.9. The zero-order valence-electron chi connectivity index (χ0n) is 13.4. The SMILES string of the molecule is Cl.NC(CNC(=O)Cc1ccc(S(=O)(=O)N2CCCC2)s1)C1CC1. The van der Waals surface area contributed by atoms with E-state index in [1.165, 1.54) is 15.6 Å². The number of rotatable bonds is 7. The molecule has 2 heterocycles. The first kappa shape index (κ1) is 19.7. The van der Waals surface area contributed by atoms with Gasteiger partial charge in [0, 0.05) is 30.6 Å². The molecule has 1 aliphatic heterocycles. The topological polar surface area (TPSA) is 92.5 Å². The Hall–Kier alpha value is -0.670. The minimum Gasteiger partial charge on any atom is -0.354 e. The molecule has 0 aromatic carbocycles. The summed E-state index contributed by atoms with van der Waals surface area (Å²) in [5.74, 6) is 0.447. The Kier molecular flexibility index (Phi) is 6.66. The van der Waals surface area contributed by atoms with Gasteiger partial charge in [0.15, 0.2) is 0 Å². The van der Waals surface area contributed by atoms with Gasteiger partial charge in [0.25, 0.3) is 10.0 Å². The lowest BCUT2D eigenvalue weighted by molar-refractivity contribution is -0.120. The maximum atomic E-state index is 12.4. The highest BCUT2D eigenvalue weighted by Crippen LogP contribution is 2.31. The quantitative estimate of drug-likeness (QED) is 0.731. The van der Waals surface area contributed by atoms with Gasteiger partial charge in [0.1, 0.15) is 4.21 Å². The first-order valence-corrected chi connectivity index (χ1v) is 10.3. The molecule has 0 spiro atoms. The van der Waals surface area contributed by atoms with Crippen molar-refractivity contribution in [3.63, 3.8) is 0 Å². The van der Waals surface area contributed by atoms with Crippen molar-refractivity contribution < 1.29 is 13.2 Å². The molecule has 1 aromatic rings. The van der Waals surface area contributed by atoms with Gasteiger partial charge in [-0.15, -0.1) is 23.7 Å². The Balaban J connectivity index is 0.00000208. The molecule has 0 bridgehead atoms. The van der Waals surface area contributed by atoms with Gasteiger partial charge in [-0.1, -0.05) is 0 Å². The van der Waals surface area contributed by atoms with Crippen LogP contribution in [-0.4, -0.2) is 44.3 Å². The highest BCUT2D eigenvalue weighted by atomic mass is 35.5. The molecule has 6 nitrogen and oxygen atoms in total. The van der Waals surface area contributed by atoms with E-state index >= 15 is 0 Å². The third-order valence-corrected chi connectivity index (χ3v) is 7.84. The van der Waals surface area contributed by atoms with Gasteiger partial charge >= 0.3 is 0 Å². The molecule has 3 N–H and O–H groups in total. The van der Waals surface area contributed by atoms with Crippen molar-refractivity contribution in [3.8, 4) is 0 Å². The minimum absolute atomic E-state index is 0. The second kappa shape index (κ2) is 8.14. The summed E-state index contributed by atoms with van der Waals surface area (Å²) in [7, 11) is -3.38. The molecule has 2 fully saturated rings. The fourth-order valence-electron chi connectivity index (χ4n) is 2.79. The average molecular weight is 394 g/mol. The number of carbonyl (C=O) groups is 1. The van der Waals surface area contributed by atoms with Crippen LogP contribution >= 0.6 is 23.7 Å².